The first-order valence-corrected chi connectivity index (χ1v) is 9.88. The Hall–Kier alpha value is -3.25. The van der Waals surface area contributed by atoms with E-state index in [9.17, 15) is 0 Å². The molecule has 0 spiro atoms. The van der Waals surface area contributed by atoms with Crippen LogP contribution in [0.3, 0.4) is 0 Å². The molecule has 0 unspecified atom stereocenters. The molecule has 0 amide bonds. The Kier molecular flexibility index (Phi) is 5.53. The topological polar surface area (TPSA) is 44.9 Å². The molecule has 29 heavy (non-hydrogen) atoms. The van der Waals surface area contributed by atoms with Gasteiger partial charge in [0.05, 0.1) is 12.7 Å². The molecule has 5 nitrogen and oxygen atoms in total. The van der Waals surface area contributed by atoms with E-state index in [1.807, 2.05) is 51.7 Å². The van der Waals surface area contributed by atoms with Crippen LogP contribution in [-0.2, 0) is 13.0 Å². The van der Waals surface area contributed by atoms with Crippen LogP contribution in [0.25, 0.3) is 17.1 Å². The number of methoxy groups -OCH3 is 1. The van der Waals surface area contributed by atoms with Gasteiger partial charge in [-0.05, 0) is 55.5 Å². The molecule has 0 bridgehead atoms. The molecular formula is C23H22N4OS. The number of aromatic nitrogens is 4. The number of hydrogen-bond donors (Lipinski definition) is 0. The first-order valence-electron chi connectivity index (χ1n) is 9.47. The summed E-state index contributed by atoms with van der Waals surface area (Å²) in [6.45, 7) is 2.72. The molecule has 0 radical (unpaired) electrons. The van der Waals surface area contributed by atoms with E-state index in [2.05, 4.69) is 36.2 Å². The van der Waals surface area contributed by atoms with Crippen molar-refractivity contribution in [1.29, 1.82) is 0 Å². The maximum atomic E-state index is 5.82. The second-order valence-electron chi connectivity index (χ2n) is 6.77. The summed E-state index contributed by atoms with van der Waals surface area (Å²) in [6, 6.07) is 22.1. The van der Waals surface area contributed by atoms with Crippen LogP contribution in [-0.4, -0.2) is 26.4 Å². The SMILES string of the molecule is COc1ccccc1-c1nn(CCc2ccccn2)c(=S)n1-c1ccc(C)cc1. The van der Waals surface area contributed by atoms with Crippen LogP contribution in [0.15, 0.2) is 72.9 Å². The summed E-state index contributed by atoms with van der Waals surface area (Å²) in [4.78, 5) is 4.40. The Morgan fingerprint density at radius 1 is 0.966 bits per heavy atom. The van der Waals surface area contributed by atoms with E-state index in [1.54, 1.807) is 13.3 Å². The Morgan fingerprint density at radius 2 is 1.72 bits per heavy atom. The van der Waals surface area contributed by atoms with Crippen LogP contribution in [0.2, 0.25) is 0 Å². The van der Waals surface area contributed by atoms with Gasteiger partial charge in [0.2, 0.25) is 4.77 Å². The van der Waals surface area contributed by atoms with Crippen molar-refractivity contribution in [1.82, 2.24) is 19.3 Å². The molecule has 0 fully saturated rings. The van der Waals surface area contributed by atoms with E-state index in [1.165, 1.54) is 5.56 Å². The van der Waals surface area contributed by atoms with E-state index >= 15 is 0 Å². The van der Waals surface area contributed by atoms with Crippen molar-refractivity contribution < 1.29 is 4.74 Å². The van der Waals surface area contributed by atoms with Crippen molar-refractivity contribution >= 4 is 12.2 Å². The molecule has 0 saturated heterocycles. The van der Waals surface area contributed by atoms with Crippen molar-refractivity contribution in [3.63, 3.8) is 0 Å². The largest absolute Gasteiger partial charge is 0.496 e. The van der Waals surface area contributed by atoms with Crippen molar-refractivity contribution in [2.75, 3.05) is 7.11 Å². The zero-order valence-electron chi connectivity index (χ0n) is 16.4. The van der Waals surface area contributed by atoms with Gasteiger partial charge in [-0.2, -0.15) is 5.10 Å². The van der Waals surface area contributed by atoms with Gasteiger partial charge in [-0.1, -0.05) is 35.9 Å². The smallest absolute Gasteiger partial charge is 0.202 e. The Labute approximate surface area is 175 Å². The van der Waals surface area contributed by atoms with Gasteiger partial charge < -0.3 is 4.74 Å². The monoisotopic (exact) mass is 402 g/mol. The van der Waals surface area contributed by atoms with Gasteiger partial charge in [-0.3, -0.25) is 9.55 Å². The number of ether oxygens (including phenoxy) is 1. The fourth-order valence-electron chi connectivity index (χ4n) is 3.25. The molecule has 2 heterocycles. The lowest BCUT2D eigenvalue weighted by Gasteiger charge is -2.10. The molecule has 0 saturated carbocycles. The second kappa shape index (κ2) is 8.41. The quantitative estimate of drug-likeness (QED) is 0.425. The molecule has 0 N–H and O–H groups in total. The maximum absolute atomic E-state index is 5.82. The van der Waals surface area contributed by atoms with Crippen molar-refractivity contribution in [3.8, 4) is 22.8 Å². The molecule has 146 valence electrons. The minimum atomic E-state index is 0.644. The summed E-state index contributed by atoms with van der Waals surface area (Å²) >= 11 is 5.82. The molecule has 0 atom stereocenters. The third kappa shape index (κ3) is 3.98. The van der Waals surface area contributed by atoms with E-state index < -0.39 is 0 Å². The molecule has 2 aromatic carbocycles. The van der Waals surface area contributed by atoms with Crippen LogP contribution in [0.5, 0.6) is 5.75 Å². The van der Waals surface area contributed by atoms with E-state index in [4.69, 9.17) is 22.1 Å². The highest BCUT2D eigenvalue weighted by molar-refractivity contribution is 7.71. The summed E-state index contributed by atoms with van der Waals surface area (Å²) in [5, 5.41) is 4.87. The lowest BCUT2D eigenvalue weighted by molar-refractivity contribution is 0.416. The van der Waals surface area contributed by atoms with Crippen LogP contribution >= 0.6 is 12.2 Å². The minimum Gasteiger partial charge on any atom is -0.496 e. The number of hydrogen-bond acceptors (Lipinski definition) is 4. The third-order valence-corrected chi connectivity index (χ3v) is 5.18. The van der Waals surface area contributed by atoms with Gasteiger partial charge >= 0.3 is 0 Å². The Bertz CT molecular complexity index is 1160. The summed E-state index contributed by atoms with van der Waals surface area (Å²) in [5.74, 6) is 1.52. The standard InChI is InChI=1S/C23H22N4OS/c1-17-10-12-19(13-11-17)27-22(20-8-3-4-9-21(20)28-2)25-26(23(27)29)16-14-18-7-5-6-15-24-18/h3-13,15H,14,16H2,1-2H3. The van der Waals surface area contributed by atoms with Crippen LogP contribution in [0.4, 0.5) is 0 Å². The average Bonchev–Trinajstić information content (AvgIpc) is 3.09. The number of para-hydroxylation sites is 1. The molecule has 0 aliphatic rings. The molecule has 2 aromatic heterocycles. The number of benzene rings is 2. The van der Waals surface area contributed by atoms with Crippen molar-refractivity contribution in [2.45, 2.75) is 19.9 Å². The highest BCUT2D eigenvalue weighted by atomic mass is 32.1. The highest BCUT2D eigenvalue weighted by Crippen LogP contribution is 2.30. The van der Waals surface area contributed by atoms with Gasteiger partial charge in [0, 0.05) is 30.5 Å². The molecule has 4 aromatic rings. The molecule has 6 heteroatoms. The van der Waals surface area contributed by atoms with E-state index in [-0.39, 0.29) is 0 Å². The van der Waals surface area contributed by atoms with Crippen molar-refractivity contribution in [2.24, 2.45) is 0 Å². The third-order valence-electron chi connectivity index (χ3n) is 4.79. The number of aryl methyl sites for hydroxylation is 3. The lowest BCUT2D eigenvalue weighted by atomic mass is 10.1. The number of pyridine rings is 1. The summed E-state index contributed by atoms with van der Waals surface area (Å²) < 4.78 is 10.1. The second-order valence-corrected chi connectivity index (χ2v) is 7.14. The Morgan fingerprint density at radius 3 is 2.45 bits per heavy atom. The molecule has 0 aliphatic heterocycles. The van der Waals surface area contributed by atoms with Gasteiger partial charge in [0.1, 0.15) is 5.75 Å². The van der Waals surface area contributed by atoms with Gasteiger partial charge in [-0.25, -0.2) is 4.68 Å². The maximum Gasteiger partial charge on any atom is 0.202 e. The predicted octanol–water partition coefficient (Wildman–Crippen LogP) is 5.03. The fraction of sp³-hybridized carbons (Fsp3) is 0.174. The summed E-state index contributed by atoms with van der Waals surface area (Å²) in [5.41, 5.74) is 4.09. The summed E-state index contributed by atoms with van der Waals surface area (Å²) in [6.07, 6.45) is 2.56. The fourth-order valence-corrected chi connectivity index (χ4v) is 3.57. The normalized spacial score (nSPS) is 10.8. The molecule has 4 rings (SSSR count). The average molecular weight is 403 g/mol. The van der Waals surface area contributed by atoms with Crippen LogP contribution in [0.1, 0.15) is 11.3 Å². The van der Waals surface area contributed by atoms with Crippen molar-refractivity contribution in [3.05, 3.63) is 89.0 Å². The lowest BCUT2D eigenvalue weighted by Crippen LogP contribution is -2.05. The number of rotatable bonds is 6. The zero-order chi connectivity index (χ0) is 20.2. The van der Waals surface area contributed by atoms with E-state index in [0.717, 1.165) is 34.9 Å². The summed E-state index contributed by atoms with van der Waals surface area (Å²) in [7, 11) is 1.67. The van der Waals surface area contributed by atoms with Gasteiger partial charge in [0.15, 0.2) is 5.82 Å². The molecular weight excluding hydrogens is 380 g/mol. The van der Waals surface area contributed by atoms with Crippen LogP contribution in [0, 0.1) is 11.7 Å². The van der Waals surface area contributed by atoms with E-state index in [0.29, 0.717) is 11.3 Å². The highest BCUT2D eigenvalue weighted by Gasteiger charge is 2.17. The molecule has 0 aliphatic carbocycles. The number of nitrogens with zero attached hydrogens (tertiary/aromatic N) is 4. The zero-order valence-corrected chi connectivity index (χ0v) is 17.3. The first kappa shape index (κ1) is 19.1. The first-order chi connectivity index (χ1) is 14.2. The Balaban J connectivity index is 1.82. The van der Waals surface area contributed by atoms with Gasteiger partial charge in [0.25, 0.3) is 0 Å². The predicted molar refractivity (Wildman–Crippen MR) is 117 cm³/mol. The van der Waals surface area contributed by atoms with Gasteiger partial charge in [-0.15, -0.1) is 0 Å². The minimum absolute atomic E-state index is 0.644. The van der Waals surface area contributed by atoms with Crippen LogP contribution < -0.4 is 4.74 Å².